The van der Waals surface area contributed by atoms with Crippen LogP contribution >= 0.6 is 11.3 Å². The largest absolute Gasteiger partial charge is 0.493 e. The molecule has 2 heterocycles. The van der Waals surface area contributed by atoms with Gasteiger partial charge in [0.15, 0.2) is 11.5 Å². The van der Waals surface area contributed by atoms with Gasteiger partial charge in [0.25, 0.3) is 0 Å². The van der Waals surface area contributed by atoms with Gasteiger partial charge in [-0.05, 0) is 24.6 Å². The minimum Gasteiger partial charge on any atom is -0.493 e. The highest BCUT2D eigenvalue weighted by Gasteiger charge is 2.19. The molecule has 0 radical (unpaired) electrons. The van der Waals surface area contributed by atoms with E-state index in [1.807, 2.05) is 30.1 Å². The van der Waals surface area contributed by atoms with Gasteiger partial charge in [0.1, 0.15) is 17.0 Å². The number of anilines is 1. The quantitative estimate of drug-likeness (QED) is 0.729. The van der Waals surface area contributed by atoms with Crippen molar-refractivity contribution in [1.82, 2.24) is 9.97 Å². The average Bonchev–Trinajstić information content (AvgIpc) is 2.97. The van der Waals surface area contributed by atoms with E-state index in [0.717, 1.165) is 32.0 Å². The molecule has 2 aromatic heterocycles. The number of ether oxygens (including phenoxy) is 2. The van der Waals surface area contributed by atoms with Crippen molar-refractivity contribution in [3.05, 3.63) is 29.4 Å². The molecular formula is C18H21N3O3S. The lowest BCUT2D eigenvalue weighted by molar-refractivity contribution is 0.304. The molecule has 0 aliphatic carbocycles. The molecule has 0 unspecified atom stereocenters. The smallest absolute Gasteiger partial charge is 0.161 e. The summed E-state index contributed by atoms with van der Waals surface area (Å²) in [4.78, 5) is 12.9. The number of benzene rings is 1. The molecule has 3 aromatic rings. The van der Waals surface area contributed by atoms with Crippen molar-refractivity contribution in [2.24, 2.45) is 0 Å². The van der Waals surface area contributed by atoms with Gasteiger partial charge >= 0.3 is 0 Å². The van der Waals surface area contributed by atoms with Crippen LogP contribution in [0, 0.1) is 6.92 Å². The van der Waals surface area contributed by atoms with E-state index in [-0.39, 0.29) is 6.61 Å². The second kappa shape index (κ2) is 7.25. The van der Waals surface area contributed by atoms with Crippen LogP contribution in [0.25, 0.3) is 21.3 Å². The summed E-state index contributed by atoms with van der Waals surface area (Å²) >= 11 is 1.63. The van der Waals surface area contributed by atoms with E-state index < -0.39 is 0 Å². The number of aliphatic hydroxyl groups excluding tert-OH is 1. The normalized spacial score (nSPS) is 10.9. The lowest BCUT2D eigenvalue weighted by Gasteiger charge is -2.18. The molecule has 6 nitrogen and oxygen atoms in total. The molecule has 1 N–H and O–H groups in total. The molecule has 0 aliphatic heterocycles. The van der Waals surface area contributed by atoms with Gasteiger partial charge in [-0.25, -0.2) is 9.97 Å². The van der Waals surface area contributed by atoms with E-state index in [2.05, 4.69) is 16.9 Å². The first-order valence-corrected chi connectivity index (χ1v) is 8.70. The number of nitrogens with zero attached hydrogens (tertiary/aromatic N) is 3. The molecule has 7 heteroatoms. The summed E-state index contributed by atoms with van der Waals surface area (Å²) in [6.45, 7) is 2.65. The molecule has 0 fully saturated rings. The molecule has 0 bridgehead atoms. The Balaban J connectivity index is 2.24. The Kier molecular flexibility index (Phi) is 5.06. The van der Waals surface area contributed by atoms with Gasteiger partial charge in [0.05, 0.1) is 26.2 Å². The Morgan fingerprint density at radius 2 is 1.92 bits per heavy atom. The van der Waals surface area contributed by atoms with Crippen LogP contribution in [0.4, 0.5) is 5.82 Å². The SMILES string of the molecule is COc1ccc(-c2c(C)sc3ncnc(N(C)CCO)c23)cc1OC. The molecule has 0 amide bonds. The summed E-state index contributed by atoms with van der Waals surface area (Å²) in [5.41, 5.74) is 2.11. The van der Waals surface area contributed by atoms with Crippen molar-refractivity contribution in [2.75, 3.05) is 39.3 Å². The second-order valence-electron chi connectivity index (χ2n) is 5.63. The predicted octanol–water partition coefficient (Wildman–Crippen LogP) is 3.11. The summed E-state index contributed by atoms with van der Waals surface area (Å²) < 4.78 is 10.8. The lowest BCUT2D eigenvalue weighted by Crippen LogP contribution is -2.22. The van der Waals surface area contributed by atoms with Gasteiger partial charge in [0, 0.05) is 24.0 Å². The molecule has 0 saturated carbocycles. The Hall–Kier alpha value is -2.38. The zero-order valence-electron chi connectivity index (χ0n) is 14.7. The van der Waals surface area contributed by atoms with Crippen LogP contribution in [0.1, 0.15) is 4.88 Å². The third-order valence-electron chi connectivity index (χ3n) is 4.11. The Morgan fingerprint density at radius 3 is 2.60 bits per heavy atom. The summed E-state index contributed by atoms with van der Waals surface area (Å²) in [6, 6.07) is 5.88. The standard InChI is InChI=1S/C18H21N3O3S/c1-11-15(12-5-6-13(23-3)14(9-12)24-4)16-17(21(2)7-8-22)19-10-20-18(16)25-11/h5-6,9-10,22H,7-8H2,1-4H3. The highest BCUT2D eigenvalue weighted by atomic mass is 32.1. The summed E-state index contributed by atoms with van der Waals surface area (Å²) in [6.07, 6.45) is 1.57. The van der Waals surface area contributed by atoms with Gasteiger partial charge < -0.3 is 19.5 Å². The minimum absolute atomic E-state index is 0.0663. The number of aliphatic hydroxyl groups is 1. The second-order valence-corrected chi connectivity index (χ2v) is 6.83. The van der Waals surface area contributed by atoms with Gasteiger partial charge in [-0.3, -0.25) is 0 Å². The first-order valence-electron chi connectivity index (χ1n) is 7.89. The summed E-state index contributed by atoms with van der Waals surface area (Å²) in [5.74, 6) is 2.19. The Bertz CT molecular complexity index is 895. The number of fused-ring (bicyclic) bond motifs is 1. The summed E-state index contributed by atoms with van der Waals surface area (Å²) in [5, 5.41) is 10.3. The van der Waals surface area contributed by atoms with Crippen LogP contribution in [0.5, 0.6) is 11.5 Å². The number of aromatic nitrogens is 2. The fraction of sp³-hybridized carbons (Fsp3) is 0.333. The number of hydrogen-bond donors (Lipinski definition) is 1. The molecule has 0 aliphatic rings. The predicted molar refractivity (Wildman–Crippen MR) is 101 cm³/mol. The van der Waals surface area contributed by atoms with E-state index in [4.69, 9.17) is 9.47 Å². The highest BCUT2D eigenvalue weighted by Crippen LogP contribution is 2.43. The van der Waals surface area contributed by atoms with E-state index in [1.165, 1.54) is 0 Å². The summed E-state index contributed by atoms with van der Waals surface area (Å²) in [7, 11) is 5.17. The van der Waals surface area contributed by atoms with Crippen LogP contribution in [0.15, 0.2) is 24.5 Å². The third kappa shape index (κ3) is 3.12. The van der Waals surface area contributed by atoms with Crippen molar-refractivity contribution in [3.63, 3.8) is 0 Å². The maximum atomic E-state index is 9.27. The van der Waals surface area contributed by atoms with Crippen molar-refractivity contribution in [1.29, 1.82) is 0 Å². The average molecular weight is 359 g/mol. The molecule has 1 aromatic carbocycles. The third-order valence-corrected chi connectivity index (χ3v) is 5.13. The van der Waals surface area contributed by atoms with Crippen molar-refractivity contribution >= 4 is 27.4 Å². The fourth-order valence-electron chi connectivity index (χ4n) is 2.91. The lowest BCUT2D eigenvalue weighted by atomic mass is 10.0. The molecule has 0 saturated heterocycles. The Morgan fingerprint density at radius 1 is 1.16 bits per heavy atom. The van der Waals surface area contributed by atoms with Gasteiger partial charge in [-0.15, -0.1) is 11.3 Å². The van der Waals surface area contributed by atoms with Crippen molar-refractivity contribution < 1.29 is 14.6 Å². The van der Waals surface area contributed by atoms with Gasteiger partial charge in [-0.2, -0.15) is 0 Å². The first-order chi connectivity index (χ1) is 12.1. The van der Waals surface area contributed by atoms with Crippen LogP contribution in [0.2, 0.25) is 0 Å². The number of likely N-dealkylation sites (N-methyl/N-ethyl adjacent to an activating group) is 1. The van der Waals surface area contributed by atoms with E-state index in [0.29, 0.717) is 18.0 Å². The Labute approximate surface area is 150 Å². The monoisotopic (exact) mass is 359 g/mol. The number of thiophene rings is 1. The van der Waals surface area contributed by atoms with E-state index in [9.17, 15) is 5.11 Å². The molecular weight excluding hydrogens is 338 g/mol. The van der Waals surface area contributed by atoms with Crippen LogP contribution < -0.4 is 14.4 Å². The van der Waals surface area contributed by atoms with Crippen LogP contribution in [0.3, 0.4) is 0 Å². The number of rotatable bonds is 6. The van der Waals surface area contributed by atoms with Crippen molar-refractivity contribution in [2.45, 2.75) is 6.92 Å². The van der Waals surface area contributed by atoms with Crippen molar-refractivity contribution in [3.8, 4) is 22.6 Å². The maximum Gasteiger partial charge on any atom is 0.161 e. The number of hydrogen-bond acceptors (Lipinski definition) is 7. The molecule has 132 valence electrons. The molecule has 0 spiro atoms. The zero-order chi connectivity index (χ0) is 18.0. The zero-order valence-corrected chi connectivity index (χ0v) is 15.6. The molecule has 3 rings (SSSR count). The van der Waals surface area contributed by atoms with E-state index >= 15 is 0 Å². The van der Waals surface area contributed by atoms with Gasteiger partial charge in [0.2, 0.25) is 0 Å². The van der Waals surface area contributed by atoms with E-state index in [1.54, 1.807) is 31.9 Å². The number of methoxy groups -OCH3 is 2. The van der Waals surface area contributed by atoms with Crippen LogP contribution in [-0.2, 0) is 0 Å². The number of aryl methyl sites for hydroxylation is 1. The topological polar surface area (TPSA) is 67.7 Å². The molecule has 25 heavy (non-hydrogen) atoms. The van der Waals surface area contributed by atoms with Crippen LogP contribution in [-0.4, -0.2) is 49.5 Å². The molecule has 0 atom stereocenters. The maximum absolute atomic E-state index is 9.27. The minimum atomic E-state index is 0.0663. The first kappa shape index (κ1) is 17.4. The van der Waals surface area contributed by atoms with Gasteiger partial charge in [-0.1, -0.05) is 6.07 Å². The fourth-order valence-corrected chi connectivity index (χ4v) is 3.92. The highest BCUT2D eigenvalue weighted by molar-refractivity contribution is 7.19.